The second-order valence-electron chi connectivity index (χ2n) is 5.97. The fraction of sp³-hybridized carbons (Fsp3) is 0.533. The molecule has 2 N–H and O–H groups in total. The van der Waals surface area contributed by atoms with Gasteiger partial charge in [-0.2, -0.15) is 0 Å². The summed E-state index contributed by atoms with van der Waals surface area (Å²) in [6, 6.07) is 5.14. The third-order valence-electron chi connectivity index (χ3n) is 4.77. The van der Waals surface area contributed by atoms with E-state index in [1.807, 2.05) is 0 Å². The number of hydrogen-bond acceptors (Lipinski definition) is 4. The fourth-order valence-electron chi connectivity index (χ4n) is 3.70. The second kappa shape index (κ2) is 4.38. The van der Waals surface area contributed by atoms with Crippen LogP contribution in [0.4, 0.5) is 0 Å². The summed E-state index contributed by atoms with van der Waals surface area (Å²) < 4.78 is 11.9. The Bertz CT molecular complexity index is 560. The lowest BCUT2D eigenvalue weighted by molar-refractivity contribution is 0.0302. The van der Waals surface area contributed by atoms with Crippen LogP contribution in [-0.2, 0) is 0 Å². The van der Waals surface area contributed by atoms with E-state index in [0.29, 0.717) is 23.8 Å². The van der Waals surface area contributed by atoms with E-state index in [1.165, 1.54) is 19.5 Å². The molecule has 3 heterocycles. The number of nitrogens with two attached hydrogens (primary N) is 1. The van der Waals surface area contributed by atoms with Crippen LogP contribution >= 0.6 is 0 Å². The number of carbonyl (C=O) groups excluding carboxylic acids is 1. The average molecular weight is 274 g/mol. The number of rotatable bonds is 2. The smallest absolute Gasteiger partial charge is 0.248 e. The van der Waals surface area contributed by atoms with E-state index in [-0.39, 0.29) is 6.10 Å². The molecule has 4 unspecified atom stereocenters. The van der Waals surface area contributed by atoms with Crippen molar-refractivity contribution < 1.29 is 14.3 Å². The summed E-state index contributed by atoms with van der Waals surface area (Å²) in [4.78, 5) is 13.7. The van der Waals surface area contributed by atoms with Gasteiger partial charge in [0.2, 0.25) is 5.91 Å². The molecule has 0 aliphatic carbocycles. The highest BCUT2D eigenvalue weighted by molar-refractivity contribution is 5.93. The minimum atomic E-state index is -0.445. The van der Waals surface area contributed by atoms with Crippen LogP contribution in [0.1, 0.15) is 16.8 Å². The molecular weight excluding hydrogens is 256 g/mol. The monoisotopic (exact) mass is 274 g/mol. The maximum Gasteiger partial charge on any atom is 0.248 e. The van der Waals surface area contributed by atoms with Crippen LogP contribution in [0, 0.1) is 11.8 Å². The average Bonchev–Trinajstić information content (AvgIpc) is 3.08. The van der Waals surface area contributed by atoms with Crippen molar-refractivity contribution >= 4 is 5.91 Å². The largest absolute Gasteiger partial charge is 0.486 e. The van der Waals surface area contributed by atoms with Gasteiger partial charge in [-0.1, -0.05) is 0 Å². The lowest BCUT2D eigenvalue weighted by atomic mass is 9.87. The maximum atomic E-state index is 11.2. The van der Waals surface area contributed by atoms with E-state index in [9.17, 15) is 4.79 Å². The van der Waals surface area contributed by atoms with E-state index in [0.717, 1.165) is 18.2 Å². The molecule has 3 aliphatic heterocycles. The SMILES string of the molecule is NC(=O)c1ccc2c(c1)OCC(C1CN3CCC1C3)O2. The zero-order valence-electron chi connectivity index (χ0n) is 11.2. The standard InChI is InChI=1S/C15H18N2O3/c16-15(18)9-1-2-12-13(5-9)19-8-14(20-12)11-7-17-4-3-10(11)6-17/h1-2,5,10-11,14H,3-4,6-8H2,(H2,16,18). The number of primary amides is 1. The van der Waals surface area contributed by atoms with Gasteiger partial charge in [-0.05, 0) is 37.1 Å². The van der Waals surface area contributed by atoms with E-state index >= 15 is 0 Å². The van der Waals surface area contributed by atoms with Crippen LogP contribution < -0.4 is 15.2 Å². The molecule has 4 rings (SSSR count). The van der Waals surface area contributed by atoms with Crippen molar-refractivity contribution in [2.24, 2.45) is 17.6 Å². The molecule has 5 nitrogen and oxygen atoms in total. The van der Waals surface area contributed by atoms with Gasteiger partial charge in [-0.15, -0.1) is 0 Å². The number of fused-ring (bicyclic) bond motifs is 3. The van der Waals surface area contributed by atoms with Crippen LogP contribution in [0.15, 0.2) is 18.2 Å². The van der Waals surface area contributed by atoms with Crippen LogP contribution in [0.2, 0.25) is 0 Å². The first-order valence-electron chi connectivity index (χ1n) is 7.16. The van der Waals surface area contributed by atoms with Gasteiger partial charge in [0.15, 0.2) is 11.5 Å². The summed E-state index contributed by atoms with van der Waals surface area (Å²) in [6.45, 7) is 4.11. The predicted molar refractivity (Wildman–Crippen MR) is 72.9 cm³/mol. The van der Waals surface area contributed by atoms with E-state index in [4.69, 9.17) is 15.2 Å². The molecule has 20 heavy (non-hydrogen) atoms. The molecule has 5 heteroatoms. The van der Waals surface area contributed by atoms with Crippen molar-refractivity contribution in [3.05, 3.63) is 23.8 Å². The summed E-state index contributed by atoms with van der Waals surface area (Å²) in [7, 11) is 0. The molecule has 3 aliphatic rings. The van der Waals surface area contributed by atoms with Gasteiger partial charge in [0.25, 0.3) is 0 Å². The predicted octanol–water partition coefficient (Wildman–Crippen LogP) is 0.877. The van der Waals surface area contributed by atoms with Gasteiger partial charge in [-0.3, -0.25) is 4.79 Å². The number of carbonyl (C=O) groups is 1. The Balaban J connectivity index is 1.53. The van der Waals surface area contributed by atoms with E-state index in [1.54, 1.807) is 18.2 Å². The van der Waals surface area contributed by atoms with Gasteiger partial charge in [0.05, 0.1) is 0 Å². The molecule has 2 saturated heterocycles. The minimum absolute atomic E-state index is 0.122. The summed E-state index contributed by atoms with van der Waals surface area (Å²) >= 11 is 0. The third-order valence-corrected chi connectivity index (χ3v) is 4.77. The summed E-state index contributed by atoms with van der Waals surface area (Å²) in [5, 5.41) is 0. The van der Waals surface area contributed by atoms with Gasteiger partial charge >= 0.3 is 0 Å². The van der Waals surface area contributed by atoms with E-state index in [2.05, 4.69) is 4.90 Å². The Hall–Kier alpha value is -1.75. The highest BCUT2D eigenvalue weighted by Gasteiger charge is 2.44. The zero-order valence-corrected chi connectivity index (χ0v) is 11.2. The van der Waals surface area contributed by atoms with E-state index < -0.39 is 5.91 Å². The highest BCUT2D eigenvalue weighted by atomic mass is 16.6. The van der Waals surface area contributed by atoms with Crippen LogP contribution in [-0.4, -0.2) is 43.2 Å². The molecule has 2 bridgehead atoms. The zero-order chi connectivity index (χ0) is 13.7. The van der Waals surface area contributed by atoms with Crippen molar-refractivity contribution in [1.29, 1.82) is 0 Å². The summed E-state index contributed by atoms with van der Waals surface area (Å²) in [6.07, 6.45) is 1.40. The first-order chi connectivity index (χ1) is 9.70. The maximum absolute atomic E-state index is 11.2. The van der Waals surface area contributed by atoms with Gasteiger partial charge in [0, 0.05) is 24.6 Å². The molecule has 0 spiro atoms. The fourth-order valence-corrected chi connectivity index (χ4v) is 3.70. The number of amides is 1. The molecule has 2 fully saturated rings. The number of ether oxygens (including phenoxy) is 2. The van der Waals surface area contributed by atoms with Crippen molar-refractivity contribution in [3.63, 3.8) is 0 Å². The second-order valence-corrected chi connectivity index (χ2v) is 5.97. The van der Waals surface area contributed by atoms with Crippen molar-refractivity contribution in [1.82, 2.24) is 4.90 Å². The Morgan fingerprint density at radius 2 is 2.20 bits per heavy atom. The molecule has 0 saturated carbocycles. The molecular formula is C15H18N2O3. The van der Waals surface area contributed by atoms with Crippen molar-refractivity contribution in [3.8, 4) is 11.5 Å². The Kier molecular flexibility index (Phi) is 2.63. The molecule has 4 atom stereocenters. The quantitative estimate of drug-likeness (QED) is 0.869. The van der Waals surface area contributed by atoms with Gasteiger partial charge in [-0.25, -0.2) is 0 Å². The van der Waals surface area contributed by atoms with Crippen LogP contribution in [0.25, 0.3) is 0 Å². The number of benzene rings is 1. The number of hydrogen-bond donors (Lipinski definition) is 1. The van der Waals surface area contributed by atoms with Gasteiger partial charge < -0.3 is 20.1 Å². The lowest BCUT2D eigenvalue weighted by Crippen LogP contribution is -2.41. The summed E-state index contributed by atoms with van der Waals surface area (Å²) in [5.41, 5.74) is 5.73. The summed E-state index contributed by atoms with van der Waals surface area (Å²) in [5.74, 6) is 2.22. The molecule has 1 aromatic carbocycles. The molecule has 106 valence electrons. The Labute approximate surface area is 117 Å². The van der Waals surface area contributed by atoms with Gasteiger partial charge in [0.1, 0.15) is 12.7 Å². The number of piperidine rings is 1. The van der Waals surface area contributed by atoms with Crippen LogP contribution in [0.3, 0.4) is 0 Å². The van der Waals surface area contributed by atoms with Crippen LogP contribution in [0.5, 0.6) is 11.5 Å². The molecule has 1 amide bonds. The lowest BCUT2D eigenvalue weighted by Gasteiger charge is -2.34. The normalized spacial score (nSPS) is 34.2. The number of nitrogens with zero attached hydrogens (tertiary/aromatic N) is 1. The minimum Gasteiger partial charge on any atom is -0.486 e. The first kappa shape index (κ1) is 12.0. The van der Waals surface area contributed by atoms with Crippen molar-refractivity contribution in [2.45, 2.75) is 12.5 Å². The first-order valence-corrected chi connectivity index (χ1v) is 7.16. The third kappa shape index (κ3) is 1.85. The molecule has 1 aromatic rings. The molecule has 0 aromatic heterocycles. The highest BCUT2D eigenvalue weighted by Crippen LogP contribution is 2.40. The Morgan fingerprint density at radius 1 is 1.30 bits per heavy atom. The Morgan fingerprint density at radius 3 is 2.90 bits per heavy atom. The van der Waals surface area contributed by atoms with Crippen molar-refractivity contribution in [2.75, 3.05) is 26.2 Å². The molecule has 0 radical (unpaired) electrons. The topological polar surface area (TPSA) is 64.8 Å².